The molecule has 2 unspecified atom stereocenters. The summed E-state index contributed by atoms with van der Waals surface area (Å²) in [6.45, 7) is 4.51. The van der Waals surface area contributed by atoms with E-state index in [4.69, 9.17) is 39.3 Å². The zero-order valence-electron chi connectivity index (χ0n) is 38.3. The number of carbonyl (C=O) groups is 5. The fourth-order valence-corrected chi connectivity index (χ4v) is 8.44. The van der Waals surface area contributed by atoms with Crippen LogP contribution < -0.4 is 20.5 Å². The number of amides is 5. The van der Waals surface area contributed by atoms with E-state index < -0.39 is 29.7 Å². The first-order valence-corrected chi connectivity index (χ1v) is 23.3. The second kappa shape index (κ2) is 23.8. The third-order valence-electron chi connectivity index (χ3n) is 11.9. The van der Waals surface area contributed by atoms with Gasteiger partial charge in [-0.15, -0.1) is 0 Å². The summed E-state index contributed by atoms with van der Waals surface area (Å²) in [6.07, 6.45) is 9.36. The van der Waals surface area contributed by atoms with Crippen molar-refractivity contribution in [2.75, 3.05) is 78.3 Å². The summed E-state index contributed by atoms with van der Waals surface area (Å²) >= 11 is 0. The van der Waals surface area contributed by atoms with E-state index in [1.165, 1.54) is 12.4 Å². The number of nitrogen functional groups attached to an aromatic ring is 1. The maximum Gasteiger partial charge on any atom is 0.266 e. The zero-order chi connectivity index (χ0) is 48.0. The van der Waals surface area contributed by atoms with Crippen LogP contribution in [0.1, 0.15) is 71.7 Å². The van der Waals surface area contributed by atoms with E-state index in [0.29, 0.717) is 87.6 Å². The summed E-state index contributed by atoms with van der Waals surface area (Å²) < 4.78 is 36.1. The molecule has 0 bridgehead atoms. The number of aromatic nitrogens is 4. The predicted octanol–water partition coefficient (Wildman–Crippen LogP) is 5.30. The molecule has 0 aliphatic carbocycles. The van der Waals surface area contributed by atoms with Crippen LogP contribution in [-0.4, -0.2) is 138 Å². The van der Waals surface area contributed by atoms with Gasteiger partial charge in [-0.2, -0.15) is 5.10 Å². The minimum atomic E-state index is -1.05. The van der Waals surface area contributed by atoms with Crippen molar-refractivity contribution >= 4 is 46.4 Å². The van der Waals surface area contributed by atoms with Crippen LogP contribution in [0.5, 0.6) is 17.2 Å². The summed E-state index contributed by atoms with van der Waals surface area (Å²) in [5.41, 5.74) is 8.82. The van der Waals surface area contributed by atoms with Crippen molar-refractivity contribution in [1.82, 2.24) is 34.9 Å². The third-order valence-corrected chi connectivity index (χ3v) is 11.9. The van der Waals surface area contributed by atoms with E-state index in [1.54, 1.807) is 18.2 Å². The van der Waals surface area contributed by atoms with E-state index in [9.17, 15) is 24.0 Å². The third kappa shape index (κ3) is 12.2. The Morgan fingerprint density at radius 2 is 1.48 bits per heavy atom. The molecule has 3 N–H and O–H groups in total. The first-order valence-electron chi connectivity index (χ1n) is 23.3. The Bertz CT molecular complexity index is 2620. The first-order chi connectivity index (χ1) is 33.8. The van der Waals surface area contributed by atoms with Crippen LogP contribution in [0.25, 0.3) is 22.3 Å². The molecule has 8 rings (SSSR count). The summed E-state index contributed by atoms with van der Waals surface area (Å²) in [6, 6.07) is 20.9. The normalized spacial score (nSPS) is 17.2. The zero-order valence-corrected chi connectivity index (χ0v) is 38.3. The summed E-state index contributed by atoms with van der Waals surface area (Å²) in [5.74, 6) is -0.321. The van der Waals surface area contributed by atoms with Gasteiger partial charge >= 0.3 is 0 Å². The molecule has 5 aromatic rings. The van der Waals surface area contributed by atoms with Gasteiger partial charge in [-0.25, -0.2) is 14.6 Å². The van der Waals surface area contributed by atoms with Crippen LogP contribution in [0.15, 0.2) is 91.3 Å². The molecule has 2 aromatic heterocycles. The molecule has 0 radical (unpaired) electrons. The van der Waals surface area contributed by atoms with Crippen molar-refractivity contribution in [2.45, 2.75) is 57.0 Å². The molecule has 3 aromatic carbocycles. The molecule has 69 heavy (non-hydrogen) atoms. The quantitative estimate of drug-likeness (QED) is 0.0454. The smallest absolute Gasteiger partial charge is 0.266 e. The molecule has 0 spiro atoms. The highest BCUT2D eigenvalue weighted by atomic mass is 16.6. The first kappa shape index (κ1) is 48.4. The number of benzene rings is 3. The number of imide groups is 2. The molecule has 5 amide bonds. The van der Waals surface area contributed by atoms with E-state index in [1.807, 2.05) is 70.3 Å². The number of carbonyl (C=O) groups excluding carboxylic acids is 5. The van der Waals surface area contributed by atoms with Crippen molar-refractivity contribution in [1.29, 1.82) is 0 Å². The highest BCUT2D eigenvalue weighted by Crippen LogP contribution is 2.36. The molecule has 362 valence electrons. The summed E-state index contributed by atoms with van der Waals surface area (Å²) in [7, 11) is 0. The average molecular weight is 945 g/mol. The molecule has 19 heteroatoms. The van der Waals surface area contributed by atoms with Crippen LogP contribution in [0, 0.1) is 0 Å². The van der Waals surface area contributed by atoms with Crippen molar-refractivity contribution < 1.29 is 52.4 Å². The Balaban J connectivity index is 0.651. The maximum atomic E-state index is 13.3. The lowest BCUT2D eigenvalue weighted by molar-refractivity contribution is -0.136. The second-order valence-electron chi connectivity index (χ2n) is 16.6. The van der Waals surface area contributed by atoms with Gasteiger partial charge < -0.3 is 39.1 Å². The van der Waals surface area contributed by atoms with Gasteiger partial charge in [-0.1, -0.05) is 30.3 Å². The Kier molecular flexibility index (Phi) is 16.7. The van der Waals surface area contributed by atoms with Gasteiger partial charge in [0.1, 0.15) is 47.7 Å². The van der Waals surface area contributed by atoms with Gasteiger partial charge in [-0.3, -0.25) is 34.2 Å². The lowest BCUT2D eigenvalue weighted by Crippen LogP contribution is -2.54. The fourth-order valence-electron chi connectivity index (χ4n) is 8.44. The van der Waals surface area contributed by atoms with Gasteiger partial charge in [0.25, 0.3) is 11.8 Å². The Morgan fingerprint density at radius 3 is 2.22 bits per heavy atom. The van der Waals surface area contributed by atoms with Crippen molar-refractivity contribution in [3.05, 3.63) is 102 Å². The largest absolute Gasteiger partial charge is 0.490 e. The van der Waals surface area contributed by atoms with Crippen LogP contribution in [0.2, 0.25) is 0 Å². The highest BCUT2D eigenvalue weighted by molar-refractivity contribution is 6.24. The topological polar surface area (TPSA) is 229 Å². The highest BCUT2D eigenvalue weighted by Gasteiger charge is 2.46. The summed E-state index contributed by atoms with van der Waals surface area (Å²) in [4.78, 5) is 75.0. The van der Waals surface area contributed by atoms with Gasteiger partial charge in [-0.05, 0) is 93.1 Å². The SMILES string of the molecule is Nc1ncnc2c1c(-c1ccc(Oc3ccccc3)cc1)nn2C1CCCN(C(=O)C=CCCCCOCCOCCOCCOCCOc2cccc3c2C(=O)N(C2CCC(=O)NC2=O)C3=O)C1. The molecule has 2 fully saturated rings. The number of para-hydroxylation sites is 1. The number of allylic oxidation sites excluding steroid dienone is 1. The van der Waals surface area contributed by atoms with E-state index in [0.717, 1.165) is 48.3 Å². The average Bonchev–Trinajstić information content (AvgIpc) is 3.88. The number of ether oxygens (including phenoxy) is 6. The number of rotatable bonds is 24. The monoisotopic (exact) mass is 944 g/mol. The Hall–Kier alpha value is -7.06. The molecular formula is C50H56N8O11. The molecule has 3 aliphatic heterocycles. The van der Waals surface area contributed by atoms with Crippen molar-refractivity contribution in [3.8, 4) is 28.5 Å². The van der Waals surface area contributed by atoms with Crippen molar-refractivity contribution in [2.24, 2.45) is 0 Å². The van der Waals surface area contributed by atoms with E-state index in [2.05, 4.69) is 15.3 Å². The minimum Gasteiger partial charge on any atom is -0.490 e. The summed E-state index contributed by atoms with van der Waals surface area (Å²) in [5, 5.41) is 7.88. The lowest BCUT2D eigenvalue weighted by Gasteiger charge is -2.32. The van der Waals surface area contributed by atoms with Gasteiger partial charge in [0.2, 0.25) is 17.7 Å². The number of hydrogen-bond donors (Lipinski definition) is 2. The number of fused-ring (bicyclic) bond motifs is 2. The molecule has 3 aliphatic rings. The minimum absolute atomic E-state index is 0.0236. The standard InChI is InChI=1S/C50H56N8O11/c51-46-44-45(34-16-18-37(19-17-34)69-36-11-4-3-5-12-36)55-58(47(44)53-33-52-46)35-10-9-22-56(32-35)42(60)15-6-1-2-7-23-64-24-25-65-26-27-66-28-29-67-30-31-68-40-14-8-13-38-43(40)50(63)57(49(38)62)39-20-21-41(59)54-48(39)61/h3-6,8,11-19,33,35,39H,1-2,7,9-10,20-32H2,(H2,51,52,53)(H,54,59,61). The van der Waals surface area contributed by atoms with E-state index in [-0.39, 0.29) is 54.9 Å². The van der Waals surface area contributed by atoms with Crippen LogP contribution >= 0.6 is 0 Å². The Morgan fingerprint density at radius 1 is 0.768 bits per heavy atom. The lowest BCUT2D eigenvalue weighted by atomic mass is 10.0. The maximum absolute atomic E-state index is 13.3. The molecule has 5 heterocycles. The predicted molar refractivity (Wildman–Crippen MR) is 251 cm³/mol. The second-order valence-corrected chi connectivity index (χ2v) is 16.6. The van der Waals surface area contributed by atoms with E-state index >= 15 is 0 Å². The molecule has 2 atom stereocenters. The number of nitrogens with one attached hydrogen (secondary N) is 1. The molecule has 0 saturated carbocycles. The number of likely N-dealkylation sites (tertiary alicyclic amines) is 1. The van der Waals surface area contributed by atoms with Crippen LogP contribution in [0.3, 0.4) is 0 Å². The fraction of sp³-hybridized carbons (Fsp3) is 0.400. The van der Waals surface area contributed by atoms with Gasteiger partial charge in [0.05, 0.1) is 68.8 Å². The Labute approximate surface area is 398 Å². The van der Waals surface area contributed by atoms with Crippen LogP contribution in [-0.2, 0) is 33.3 Å². The number of nitrogens with zero attached hydrogens (tertiary/aromatic N) is 6. The molecule has 19 nitrogen and oxygen atoms in total. The molecule has 2 saturated heterocycles. The number of hydrogen-bond acceptors (Lipinski definition) is 15. The number of nitrogens with two attached hydrogens (primary N) is 1. The number of anilines is 1. The number of piperidine rings is 2. The number of unbranched alkanes of at least 4 members (excludes halogenated alkanes) is 2. The van der Waals surface area contributed by atoms with Crippen molar-refractivity contribution in [3.63, 3.8) is 0 Å². The van der Waals surface area contributed by atoms with Gasteiger partial charge in [0.15, 0.2) is 5.65 Å². The molecular weight excluding hydrogens is 889 g/mol. The van der Waals surface area contributed by atoms with Crippen LogP contribution in [0.4, 0.5) is 5.82 Å². The van der Waals surface area contributed by atoms with Gasteiger partial charge in [0, 0.05) is 31.7 Å².